The predicted octanol–water partition coefficient (Wildman–Crippen LogP) is 0.363. The highest BCUT2D eigenvalue weighted by Gasteiger charge is 2.34. The number of halogens is 3. The van der Waals surface area contributed by atoms with E-state index in [0.29, 0.717) is 32.0 Å². The standard InChI is InChI=1S/C13H16F3N5O/c14-13(15,16)10-7-19-11(8-18-10)20-1-3-21(4-2-20)12(22)9-5-17-6-9/h7-9,17H,1-6H2. The molecule has 1 aromatic rings. The lowest BCUT2D eigenvalue weighted by atomic mass is 10.0. The molecule has 1 amide bonds. The number of hydrogen-bond acceptors (Lipinski definition) is 5. The van der Waals surface area contributed by atoms with Crippen molar-refractivity contribution in [1.29, 1.82) is 0 Å². The van der Waals surface area contributed by atoms with Crippen molar-refractivity contribution in [2.24, 2.45) is 5.92 Å². The minimum Gasteiger partial charge on any atom is -0.352 e. The van der Waals surface area contributed by atoms with E-state index >= 15 is 0 Å². The molecule has 0 unspecified atom stereocenters. The van der Waals surface area contributed by atoms with Gasteiger partial charge >= 0.3 is 6.18 Å². The van der Waals surface area contributed by atoms with Crippen LogP contribution < -0.4 is 10.2 Å². The molecular formula is C13H16F3N5O. The minimum atomic E-state index is -4.48. The van der Waals surface area contributed by atoms with Crippen LogP contribution in [0.25, 0.3) is 0 Å². The van der Waals surface area contributed by atoms with Crippen molar-refractivity contribution in [1.82, 2.24) is 20.2 Å². The van der Waals surface area contributed by atoms with E-state index in [1.54, 1.807) is 4.90 Å². The van der Waals surface area contributed by atoms with Gasteiger partial charge in [0, 0.05) is 39.3 Å². The number of carbonyl (C=O) groups excluding carboxylic acids is 1. The molecule has 0 saturated carbocycles. The van der Waals surface area contributed by atoms with E-state index in [1.807, 2.05) is 4.90 Å². The normalized spacial score (nSPS) is 20.0. The Kier molecular flexibility index (Phi) is 3.90. The molecule has 0 bridgehead atoms. The molecule has 0 spiro atoms. The van der Waals surface area contributed by atoms with Crippen LogP contribution in [0.4, 0.5) is 19.0 Å². The van der Waals surface area contributed by atoms with Crippen LogP contribution in [0.3, 0.4) is 0 Å². The average Bonchev–Trinajstić information content (AvgIpc) is 2.45. The lowest BCUT2D eigenvalue weighted by Crippen LogP contribution is -2.56. The Balaban J connectivity index is 1.58. The van der Waals surface area contributed by atoms with Gasteiger partial charge in [-0.05, 0) is 0 Å². The van der Waals surface area contributed by atoms with Crippen LogP contribution in [-0.4, -0.2) is 60.0 Å². The third-order valence-electron chi connectivity index (χ3n) is 3.97. The number of rotatable bonds is 2. The summed E-state index contributed by atoms with van der Waals surface area (Å²) in [7, 11) is 0. The second-order valence-corrected chi connectivity index (χ2v) is 5.43. The first-order valence-corrected chi connectivity index (χ1v) is 7.09. The Morgan fingerprint density at radius 3 is 2.27 bits per heavy atom. The summed E-state index contributed by atoms with van der Waals surface area (Å²) >= 11 is 0. The van der Waals surface area contributed by atoms with Crippen LogP contribution in [0.5, 0.6) is 0 Å². The third kappa shape index (κ3) is 2.99. The summed E-state index contributed by atoms with van der Waals surface area (Å²) in [5, 5.41) is 3.07. The van der Waals surface area contributed by atoms with E-state index in [1.165, 1.54) is 0 Å². The van der Waals surface area contributed by atoms with Gasteiger partial charge in [0.05, 0.1) is 18.3 Å². The first-order valence-electron chi connectivity index (χ1n) is 7.09. The van der Waals surface area contributed by atoms with Crippen molar-refractivity contribution in [3.63, 3.8) is 0 Å². The number of aromatic nitrogens is 2. The van der Waals surface area contributed by atoms with Crippen molar-refractivity contribution < 1.29 is 18.0 Å². The summed E-state index contributed by atoms with van der Waals surface area (Å²) in [4.78, 5) is 23.0. The summed E-state index contributed by atoms with van der Waals surface area (Å²) in [6.07, 6.45) is -2.60. The number of piperazine rings is 1. The van der Waals surface area contributed by atoms with Gasteiger partial charge in [-0.3, -0.25) is 4.79 Å². The molecule has 6 nitrogen and oxygen atoms in total. The predicted molar refractivity (Wildman–Crippen MR) is 72.2 cm³/mol. The van der Waals surface area contributed by atoms with Crippen molar-refractivity contribution in [2.75, 3.05) is 44.2 Å². The molecule has 2 fully saturated rings. The van der Waals surface area contributed by atoms with Crippen molar-refractivity contribution in [3.05, 3.63) is 18.1 Å². The first-order chi connectivity index (χ1) is 10.4. The van der Waals surface area contributed by atoms with Gasteiger partial charge in [0.1, 0.15) is 5.82 Å². The molecular weight excluding hydrogens is 299 g/mol. The van der Waals surface area contributed by atoms with Crippen LogP contribution in [0.2, 0.25) is 0 Å². The molecule has 2 aliphatic rings. The maximum atomic E-state index is 12.5. The molecule has 9 heteroatoms. The second-order valence-electron chi connectivity index (χ2n) is 5.43. The highest BCUT2D eigenvalue weighted by atomic mass is 19.4. The van der Waals surface area contributed by atoms with Gasteiger partial charge in [-0.15, -0.1) is 0 Å². The summed E-state index contributed by atoms with van der Waals surface area (Å²) in [6, 6.07) is 0. The lowest BCUT2D eigenvalue weighted by Gasteiger charge is -2.38. The summed E-state index contributed by atoms with van der Waals surface area (Å²) in [5.41, 5.74) is -0.998. The Bertz CT molecular complexity index is 536. The molecule has 0 atom stereocenters. The molecule has 3 heterocycles. The lowest BCUT2D eigenvalue weighted by molar-refractivity contribution is -0.141. The van der Waals surface area contributed by atoms with Gasteiger partial charge in [-0.2, -0.15) is 13.2 Å². The third-order valence-corrected chi connectivity index (χ3v) is 3.97. The molecule has 1 N–H and O–H groups in total. The van der Waals surface area contributed by atoms with Crippen LogP contribution in [-0.2, 0) is 11.0 Å². The molecule has 0 aromatic carbocycles. The zero-order valence-electron chi connectivity index (χ0n) is 11.8. The van der Waals surface area contributed by atoms with E-state index in [2.05, 4.69) is 15.3 Å². The van der Waals surface area contributed by atoms with Crippen molar-refractivity contribution in [2.45, 2.75) is 6.18 Å². The van der Waals surface area contributed by atoms with Crippen LogP contribution in [0.1, 0.15) is 5.69 Å². The second kappa shape index (κ2) is 5.71. The van der Waals surface area contributed by atoms with Gasteiger partial charge in [0.25, 0.3) is 0 Å². The van der Waals surface area contributed by atoms with Crippen molar-refractivity contribution >= 4 is 11.7 Å². The highest BCUT2D eigenvalue weighted by molar-refractivity contribution is 5.80. The number of anilines is 1. The topological polar surface area (TPSA) is 61.4 Å². The molecule has 2 saturated heterocycles. The van der Waals surface area contributed by atoms with Gasteiger partial charge in [-0.1, -0.05) is 0 Å². The van der Waals surface area contributed by atoms with E-state index in [-0.39, 0.29) is 11.8 Å². The molecule has 22 heavy (non-hydrogen) atoms. The Labute approximate surface area is 125 Å². The van der Waals surface area contributed by atoms with Crippen LogP contribution in [0.15, 0.2) is 12.4 Å². The fraction of sp³-hybridized carbons (Fsp3) is 0.615. The minimum absolute atomic E-state index is 0.0670. The zero-order valence-corrected chi connectivity index (χ0v) is 11.8. The number of nitrogens with zero attached hydrogens (tertiary/aromatic N) is 4. The number of nitrogens with one attached hydrogen (secondary N) is 1. The van der Waals surface area contributed by atoms with Gasteiger partial charge in [0.2, 0.25) is 5.91 Å². The van der Waals surface area contributed by atoms with Crippen LogP contribution >= 0.6 is 0 Å². The Morgan fingerprint density at radius 1 is 1.14 bits per heavy atom. The van der Waals surface area contributed by atoms with Crippen molar-refractivity contribution in [3.8, 4) is 0 Å². The summed E-state index contributed by atoms with van der Waals surface area (Å²) in [5.74, 6) is 0.625. The quantitative estimate of drug-likeness (QED) is 0.854. The Morgan fingerprint density at radius 2 is 1.82 bits per heavy atom. The maximum absolute atomic E-state index is 12.5. The summed E-state index contributed by atoms with van der Waals surface area (Å²) < 4.78 is 37.4. The molecule has 3 rings (SSSR count). The number of carbonyl (C=O) groups is 1. The largest absolute Gasteiger partial charge is 0.434 e. The van der Waals surface area contributed by atoms with E-state index in [4.69, 9.17) is 0 Å². The fourth-order valence-electron chi connectivity index (χ4n) is 2.51. The average molecular weight is 315 g/mol. The zero-order chi connectivity index (χ0) is 15.7. The van der Waals surface area contributed by atoms with Gasteiger partial charge in [-0.25, -0.2) is 9.97 Å². The SMILES string of the molecule is O=C(C1CNC1)N1CCN(c2cnc(C(F)(F)F)cn2)CC1. The van der Waals surface area contributed by atoms with E-state index < -0.39 is 11.9 Å². The fourth-order valence-corrected chi connectivity index (χ4v) is 2.51. The number of amides is 1. The summed E-state index contributed by atoms with van der Waals surface area (Å²) in [6.45, 7) is 3.65. The first kappa shape index (κ1) is 15.0. The van der Waals surface area contributed by atoms with Gasteiger partial charge in [0.15, 0.2) is 5.69 Å². The smallest absolute Gasteiger partial charge is 0.352 e. The van der Waals surface area contributed by atoms with Gasteiger partial charge < -0.3 is 15.1 Å². The van der Waals surface area contributed by atoms with Crippen LogP contribution in [0, 0.1) is 5.92 Å². The molecule has 1 aromatic heterocycles. The maximum Gasteiger partial charge on any atom is 0.434 e. The molecule has 2 aliphatic heterocycles. The Hall–Kier alpha value is -1.90. The molecule has 120 valence electrons. The molecule has 0 radical (unpaired) electrons. The van der Waals surface area contributed by atoms with E-state index in [0.717, 1.165) is 25.5 Å². The number of alkyl halides is 3. The monoisotopic (exact) mass is 315 g/mol. The molecule has 0 aliphatic carbocycles. The highest BCUT2D eigenvalue weighted by Crippen LogP contribution is 2.27. The van der Waals surface area contributed by atoms with E-state index in [9.17, 15) is 18.0 Å². The number of hydrogen-bond donors (Lipinski definition) is 1.